The van der Waals surface area contributed by atoms with Gasteiger partial charge in [-0.2, -0.15) is 0 Å². The second-order valence-electron chi connectivity index (χ2n) is 9.15. The molecular weight excluding hydrogens is 414 g/mol. The van der Waals surface area contributed by atoms with Crippen LogP contribution in [0.15, 0.2) is 48.5 Å². The highest BCUT2D eigenvalue weighted by molar-refractivity contribution is 5.89. The Morgan fingerprint density at radius 1 is 0.818 bits per heavy atom. The normalized spacial score (nSPS) is 14.1. The minimum absolute atomic E-state index is 0.159. The fourth-order valence-electron chi connectivity index (χ4n) is 4.73. The highest BCUT2D eigenvalue weighted by Gasteiger charge is 2.17. The predicted octanol–water partition coefficient (Wildman–Crippen LogP) is 9.82. The number of halogens is 2. The molecule has 1 aliphatic rings. The van der Waals surface area contributed by atoms with E-state index in [0.717, 1.165) is 5.39 Å². The summed E-state index contributed by atoms with van der Waals surface area (Å²) in [5, 5.41) is 1.49. The molecule has 0 heterocycles. The van der Waals surface area contributed by atoms with Crippen molar-refractivity contribution < 1.29 is 13.5 Å². The van der Waals surface area contributed by atoms with Crippen LogP contribution in [-0.4, -0.2) is 7.11 Å². The molecule has 1 saturated carbocycles. The van der Waals surface area contributed by atoms with Crippen LogP contribution < -0.4 is 4.74 Å². The van der Waals surface area contributed by atoms with Crippen LogP contribution in [-0.2, 0) is 0 Å². The SMILES string of the molecule is CCCCCCC.COc1ccc(-c2ccc3cc(C4CCCCC4)ccc3c2F)cc1F. The van der Waals surface area contributed by atoms with Crippen LogP contribution in [0.25, 0.3) is 21.9 Å². The van der Waals surface area contributed by atoms with Crippen molar-refractivity contribution in [1.29, 1.82) is 0 Å². The third-order valence-corrected chi connectivity index (χ3v) is 6.72. The Morgan fingerprint density at radius 2 is 1.55 bits per heavy atom. The molecule has 0 bridgehead atoms. The maximum absolute atomic E-state index is 15.1. The van der Waals surface area contributed by atoms with Crippen LogP contribution in [0, 0.1) is 11.6 Å². The Morgan fingerprint density at radius 3 is 2.18 bits per heavy atom. The number of benzene rings is 3. The number of hydrogen-bond donors (Lipinski definition) is 0. The summed E-state index contributed by atoms with van der Waals surface area (Å²) in [7, 11) is 1.42. The highest BCUT2D eigenvalue weighted by atomic mass is 19.1. The predicted molar refractivity (Wildman–Crippen MR) is 136 cm³/mol. The van der Waals surface area contributed by atoms with Gasteiger partial charge in [0, 0.05) is 10.9 Å². The number of unbranched alkanes of at least 4 members (excludes halogenated alkanes) is 4. The van der Waals surface area contributed by atoms with E-state index in [1.807, 2.05) is 12.1 Å². The molecule has 1 aliphatic carbocycles. The number of rotatable bonds is 7. The lowest BCUT2D eigenvalue weighted by molar-refractivity contribution is 0.386. The fourth-order valence-corrected chi connectivity index (χ4v) is 4.73. The molecule has 0 spiro atoms. The molecule has 0 unspecified atom stereocenters. The maximum atomic E-state index is 15.1. The van der Waals surface area contributed by atoms with Gasteiger partial charge < -0.3 is 4.74 Å². The van der Waals surface area contributed by atoms with Crippen molar-refractivity contribution in [2.45, 2.75) is 84.0 Å². The van der Waals surface area contributed by atoms with Crippen molar-refractivity contribution in [3.8, 4) is 16.9 Å². The summed E-state index contributed by atoms with van der Waals surface area (Å²) in [6.45, 7) is 4.49. The summed E-state index contributed by atoms with van der Waals surface area (Å²) in [5.41, 5.74) is 2.23. The molecule has 0 atom stereocenters. The standard InChI is InChI=1S/C23H22F2O.C7H16/c1-26-22-12-9-18(14-21(22)24)20-11-8-17-13-16(7-10-19(17)23(20)25)15-5-3-2-4-6-15;1-3-5-7-6-4-2/h7-15H,2-6H2,1H3;3-7H2,1-2H3. The lowest BCUT2D eigenvalue weighted by atomic mass is 9.83. The number of ether oxygens (including phenoxy) is 1. The average Bonchev–Trinajstić information content (AvgIpc) is 2.85. The van der Waals surface area contributed by atoms with Crippen LogP contribution in [0.5, 0.6) is 5.75 Å². The van der Waals surface area contributed by atoms with Gasteiger partial charge in [0.05, 0.1) is 7.11 Å². The first-order chi connectivity index (χ1) is 16.1. The van der Waals surface area contributed by atoms with E-state index in [9.17, 15) is 4.39 Å². The van der Waals surface area contributed by atoms with Crippen LogP contribution in [0.3, 0.4) is 0 Å². The average molecular weight is 453 g/mol. The first-order valence-electron chi connectivity index (χ1n) is 12.6. The summed E-state index contributed by atoms with van der Waals surface area (Å²) in [4.78, 5) is 0. The van der Waals surface area contributed by atoms with Gasteiger partial charge in [-0.15, -0.1) is 0 Å². The molecule has 3 aromatic rings. The molecular formula is C30H38F2O. The third-order valence-electron chi connectivity index (χ3n) is 6.72. The Kier molecular flexibility index (Phi) is 9.72. The lowest BCUT2D eigenvalue weighted by Gasteiger charge is -2.22. The van der Waals surface area contributed by atoms with Crippen molar-refractivity contribution in [3.63, 3.8) is 0 Å². The van der Waals surface area contributed by atoms with Gasteiger partial charge in [0.15, 0.2) is 11.6 Å². The van der Waals surface area contributed by atoms with Crippen molar-refractivity contribution in [3.05, 3.63) is 65.7 Å². The maximum Gasteiger partial charge on any atom is 0.165 e. The number of hydrogen-bond acceptors (Lipinski definition) is 1. The summed E-state index contributed by atoms with van der Waals surface area (Å²) in [6.07, 6.45) is 13.3. The molecule has 0 amide bonds. The largest absolute Gasteiger partial charge is 0.494 e. The van der Waals surface area contributed by atoms with Crippen LogP contribution >= 0.6 is 0 Å². The molecule has 4 rings (SSSR count). The molecule has 1 nitrogen and oxygen atoms in total. The van der Waals surface area contributed by atoms with Gasteiger partial charge in [0.25, 0.3) is 0 Å². The van der Waals surface area contributed by atoms with Crippen molar-refractivity contribution in [1.82, 2.24) is 0 Å². The van der Waals surface area contributed by atoms with Crippen LogP contribution in [0.2, 0.25) is 0 Å². The van der Waals surface area contributed by atoms with E-state index >= 15 is 4.39 Å². The summed E-state index contributed by atoms with van der Waals surface area (Å²) >= 11 is 0. The molecule has 0 radical (unpaired) electrons. The molecule has 0 aliphatic heterocycles. The second-order valence-corrected chi connectivity index (χ2v) is 9.15. The molecule has 0 saturated heterocycles. The van der Waals surface area contributed by atoms with E-state index in [0.29, 0.717) is 22.4 Å². The summed E-state index contributed by atoms with van der Waals surface area (Å²) < 4.78 is 34.0. The molecule has 1 fully saturated rings. The zero-order valence-electron chi connectivity index (χ0n) is 20.4. The van der Waals surface area contributed by atoms with Crippen LogP contribution in [0.1, 0.15) is 89.5 Å². The van der Waals surface area contributed by atoms with E-state index in [1.165, 1.54) is 89.0 Å². The Balaban J connectivity index is 0.000000383. The molecule has 0 aromatic heterocycles. The van der Waals surface area contributed by atoms with E-state index in [2.05, 4.69) is 26.0 Å². The first-order valence-corrected chi connectivity index (χ1v) is 12.6. The third kappa shape index (κ3) is 6.56. The van der Waals surface area contributed by atoms with Gasteiger partial charge in [-0.25, -0.2) is 8.78 Å². The smallest absolute Gasteiger partial charge is 0.165 e. The number of methoxy groups -OCH3 is 1. The number of fused-ring (bicyclic) bond motifs is 1. The van der Waals surface area contributed by atoms with Gasteiger partial charge in [-0.05, 0) is 47.4 Å². The van der Waals surface area contributed by atoms with Gasteiger partial charge in [0.1, 0.15) is 5.82 Å². The molecule has 3 heteroatoms. The quantitative estimate of drug-likeness (QED) is 0.324. The van der Waals surface area contributed by atoms with Gasteiger partial charge in [-0.1, -0.05) is 102 Å². The first kappa shape index (κ1) is 25.2. The molecule has 0 N–H and O–H groups in total. The lowest BCUT2D eigenvalue weighted by Crippen LogP contribution is -2.04. The fraction of sp³-hybridized carbons (Fsp3) is 0.467. The molecule has 33 heavy (non-hydrogen) atoms. The monoisotopic (exact) mass is 452 g/mol. The molecule has 3 aromatic carbocycles. The second kappa shape index (κ2) is 12.7. The molecule has 178 valence electrons. The Labute approximate surface area is 198 Å². The zero-order chi connectivity index (χ0) is 23.6. The van der Waals surface area contributed by atoms with E-state index < -0.39 is 5.82 Å². The van der Waals surface area contributed by atoms with E-state index in [4.69, 9.17) is 4.74 Å². The Bertz CT molecular complexity index is 1020. The summed E-state index contributed by atoms with van der Waals surface area (Å²) in [5.74, 6) is -0.0435. The van der Waals surface area contributed by atoms with Crippen molar-refractivity contribution in [2.24, 2.45) is 0 Å². The minimum Gasteiger partial charge on any atom is -0.494 e. The zero-order valence-corrected chi connectivity index (χ0v) is 20.4. The van der Waals surface area contributed by atoms with E-state index in [-0.39, 0.29) is 11.6 Å². The van der Waals surface area contributed by atoms with Gasteiger partial charge in [-0.3, -0.25) is 0 Å². The summed E-state index contributed by atoms with van der Waals surface area (Å²) in [6, 6.07) is 14.2. The van der Waals surface area contributed by atoms with Crippen molar-refractivity contribution >= 4 is 10.8 Å². The van der Waals surface area contributed by atoms with E-state index in [1.54, 1.807) is 12.1 Å². The topological polar surface area (TPSA) is 9.23 Å². The van der Waals surface area contributed by atoms with Crippen LogP contribution in [0.4, 0.5) is 8.78 Å². The highest BCUT2D eigenvalue weighted by Crippen LogP contribution is 2.36. The van der Waals surface area contributed by atoms with Crippen molar-refractivity contribution in [2.75, 3.05) is 7.11 Å². The van der Waals surface area contributed by atoms with Gasteiger partial charge in [0.2, 0.25) is 0 Å². The van der Waals surface area contributed by atoms with Gasteiger partial charge >= 0.3 is 0 Å². The minimum atomic E-state index is -0.489. The Hall–Kier alpha value is -2.42.